The second kappa shape index (κ2) is 29.6. The first-order valence-electron chi connectivity index (χ1n) is 20.6. The van der Waals surface area contributed by atoms with E-state index < -0.39 is 134 Å². The van der Waals surface area contributed by atoms with Crippen molar-refractivity contribution in [1.82, 2.24) is 53.2 Å². The van der Waals surface area contributed by atoms with E-state index in [4.69, 9.17) is 22.9 Å². The summed E-state index contributed by atoms with van der Waals surface area (Å²) in [4.78, 5) is 138. The molecule has 1 rings (SSSR count). The SMILES string of the molecule is CC(=O)N[C@H](C(=O)N[C@@H](CCC(N)=O)C(=O)NCC(=O)N[C@@H](CO)C(=O)NCC(=O)N[C@@H](C)C(=O)N[C@@H](Cc1ccccc1)C(=O)NCC(=O)N[C@@H](CCCNC(N)N)C(N)=O)C(C)C. The number of hydrogen-bond acceptors (Lipinski definition) is 15. The Balaban J connectivity index is 2.80. The van der Waals surface area contributed by atoms with Crippen LogP contribution in [-0.2, 0) is 59.2 Å². The molecule has 0 spiro atoms. The Bertz CT molecular complexity index is 1820. The van der Waals surface area contributed by atoms with Crippen LogP contribution in [0.25, 0.3) is 0 Å². The van der Waals surface area contributed by atoms with Crippen LogP contribution >= 0.6 is 0 Å². The number of nitrogens with one attached hydrogen (secondary N) is 10. The highest BCUT2D eigenvalue weighted by molar-refractivity contribution is 5.97. The van der Waals surface area contributed by atoms with E-state index in [2.05, 4.69) is 53.2 Å². The molecule has 1 aromatic carbocycles. The summed E-state index contributed by atoms with van der Waals surface area (Å²) in [6.45, 7) is 3.14. The molecule has 0 saturated carbocycles. The Kier molecular flexibility index (Phi) is 25.6. The van der Waals surface area contributed by atoms with Crippen LogP contribution in [0.3, 0.4) is 0 Å². The van der Waals surface area contributed by atoms with Gasteiger partial charge >= 0.3 is 0 Å². The van der Waals surface area contributed by atoms with Crippen LogP contribution in [0, 0.1) is 5.92 Å². The average molecular weight is 921 g/mol. The van der Waals surface area contributed by atoms with Gasteiger partial charge in [0.25, 0.3) is 0 Å². The molecule has 0 heterocycles. The van der Waals surface area contributed by atoms with E-state index in [0.717, 1.165) is 0 Å². The zero-order chi connectivity index (χ0) is 49.2. The highest BCUT2D eigenvalue weighted by Crippen LogP contribution is 2.06. The molecule has 65 heavy (non-hydrogen) atoms. The topological polar surface area (TPSA) is 432 Å². The van der Waals surface area contributed by atoms with Crippen LogP contribution in [-0.4, -0.2) is 145 Å². The van der Waals surface area contributed by atoms with Gasteiger partial charge in [0.1, 0.15) is 42.5 Å². The molecule has 0 saturated heterocycles. The predicted molar refractivity (Wildman–Crippen MR) is 231 cm³/mol. The summed E-state index contributed by atoms with van der Waals surface area (Å²) in [6, 6.07) is 0.982. The van der Waals surface area contributed by atoms with Crippen molar-refractivity contribution in [3.63, 3.8) is 0 Å². The van der Waals surface area contributed by atoms with Crippen molar-refractivity contribution in [1.29, 1.82) is 0 Å². The summed E-state index contributed by atoms with van der Waals surface area (Å²) in [5.41, 5.74) is 22.1. The first-order valence-corrected chi connectivity index (χ1v) is 20.6. The Morgan fingerprint density at radius 2 is 1.11 bits per heavy atom. The third-order valence-electron chi connectivity index (χ3n) is 9.14. The van der Waals surface area contributed by atoms with E-state index >= 15 is 0 Å². The van der Waals surface area contributed by atoms with Crippen molar-refractivity contribution in [2.45, 2.75) is 102 Å². The van der Waals surface area contributed by atoms with E-state index in [9.17, 15) is 57.8 Å². The normalized spacial score (nSPS) is 13.6. The van der Waals surface area contributed by atoms with Crippen LogP contribution in [0.1, 0.15) is 58.9 Å². The molecule has 26 nitrogen and oxygen atoms in total. The fourth-order valence-electron chi connectivity index (χ4n) is 5.70. The summed E-state index contributed by atoms with van der Waals surface area (Å²) in [6.07, 6.45) is -0.817. The van der Waals surface area contributed by atoms with Gasteiger partial charge in [0, 0.05) is 19.8 Å². The van der Waals surface area contributed by atoms with E-state index in [1.807, 2.05) is 0 Å². The van der Waals surface area contributed by atoms with Crippen molar-refractivity contribution in [2.24, 2.45) is 28.9 Å². The molecule has 1 aromatic rings. The van der Waals surface area contributed by atoms with E-state index in [0.29, 0.717) is 18.5 Å². The summed E-state index contributed by atoms with van der Waals surface area (Å²) in [7, 11) is 0. The molecule has 19 N–H and O–H groups in total. The van der Waals surface area contributed by atoms with Gasteiger partial charge < -0.3 is 75.9 Å². The quantitative estimate of drug-likeness (QED) is 0.0252. The summed E-state index contributed by atoms with van der Waals surface area (Å²) >= 11 is 0. The average Bonchev–Trinajstić information content (AvgIpc) is 3.23. The van der Waals surface area contributed by atoms with Gasteiger partial charge in [0.05, 0.1) is 26.2 Å². The maximum absolute atomic E-state index is 13.3. The lowest BCUT2D eigenvalue weighted by Crippen LogP contribution is -2.57. The van der Waals surface area contributed by atoms with Gasteiger partial charge in [-0.1, -0.05) is 44.2 Å². The van der Waals surface area contributed by atoms with E-state index in [1.54, 1.807) is 44.2 Å². The van der Waals surface area contributed by atoms with Gasteiger partial charge in [0.15, 0.2) is 0 Å². The van der Waals surface area contributed by atoms with Crippen LogP contribution < -0.4 is 76.1 Å². The number of hydrogen-bond donors (Lipinski definition) is 15. The molecule has 26 heteroatoms. The second-order valence-electron chi connectivity index (χ2n) is 15.1. The summed E-state index contributed by atoms with van der Waals surface area (Å²) < 4.78 is 0. The van der Waals surface area contributed by atoms with Crippen LogP contribution in [0.5, 0.6) is 0 Å². The molecule has 0 radical (unpaired) electrons. The number of rotatable bonds is 30. The van der Waals surface area contributed by atoms with Crippen molar-refractivity contribution in [2.75, 3.05) is 32.8 Å². The molecule has 362 valence electrons. The summed E-state index contributed by atoms with van der Waals surface area (Å²) in [5, 5.41) is 33.8. The van der Waals surface area contributed by atoms with Gasteiger partial charge in [-0.3, -0.25) is 58.1 Å². The van der Waals surface area contributed by atoms with E-state index in [1.165, 1.54) is 13.8 Å². The van der Waals surface area contributed by atoms with Gasteiger partial charge in [-0.15, -0.1) is 0 Å². The van der Waals surface area contributed by atoms with Gasteiger partial charge in [-0.05, 0) is 44.2 Å². The molecule has 0 bridgehead atoms. The number of carbonyl (C=O) groups excluding carboxylic acids is 11. The Labute approximate surface area is 375 Å². The fraction of sp³-hybridized carbons (Fsp3) is 0.564. The largest absolute Gasteiger partial charge is 0.394 e. The number of primary amides is 2. The minimum Gasteiger partial charge on any atom is -0.394 e. The number of carbonyl (C=O) groups is 11. The molecule has 0 aliphatic carbocycles. The number of amides is 11. The third kappa shape index (κ3) is 23.5. The zero-order valence-electron chi connectivity index (χ0n) is 36.8. The molecule has 0 aromatic heterocycles. The second-order valence-corrected chi connectivity index (χ2v) is 15.1. The van der Waals surface area contributed by atoms with Crippen LogP contribution in [0.4, 0.5) is 0 Å². The van der Waals surface area contributed by atoms with Crippen molar-refractivity contribution < 1.29 is 57.8 Å². The van der Waals surface area contributed by atoms with Crippen LogP contribution in [0.15, 0.2) is 30.3 Å². The van der Waals surface area contributed by atoms with Crippen molar-refractivity contribution in [3.8, 4) is 0 Å². The Hall–Kier alpha value is -6.77. The van der Waals surface area contributed by atoms with Crippen molar-refractivity contribution >= 4 is 65.0 Å². The minimum absolute atomic E-state index is 0.0278. The molecule has 0 unspecified atom stereocenters. The maximum atomic E-state index is 13.3. The standard InChI is InChI=1S/C39H64N14O12/c1-20(2)32(49-22(4)55)38(65)52-25(12-13-28(40)56)35(62)45-18-31(59)51-27(19-54)37(64)47-16-29(57)48-21(3)34(61)53-26(15-23-9-6-5-7-10-23)36(63)46-17-30(58)50-24(33(41)60)11-8-14-44-39(42)43/h5-7,9-10,20-21,24-27,32,39,44,54H,8,11-19,42-43H2,1-4H3,(H2,40,56)(H2,41,60)(H,45,62)(H,46,63)(H,47,64)(H,48,57)(H,49,55)(H,50,58)(H,51,59)(H,52,65)(H,53,61)/t21-,24-,25-,26-,27-,32-/m0/s1. The third-order valence-corrected chi connectivity index (χ3v) is 9.14. The molecular weight excluding hydrogens is 857 g/mol. The highest BCUT2D eigenvalue weighted by atomic mass is 16.3. The Morgan fingerprint density at radius 3 is 1.60 bits per heavy atom. The zero-order valence-corrected chi connectivity index (χ0v) is 36.8. The minimum atomic E-state index is -1.61. The number of aliphatic hydroxyl groups excluding tert-OH is 1. The fourth-order valence-corrected chi connectivity index (χ4v) is 5.70. The monoisotopic (exact) mass is 920 g/mol. The number of benzene rings is 1. The molecule has 0 fully saturated rings. The van der Waals surface area contributed by atoms with E-state index in [-0.39, 0.29) is 31.6 Å². The lowest BCUT2D eigenvalue weighted by Gasteiger charge is -2.24. The lowest BCUT2D eigenvalue weighted by molar-refractivity contribution is -0.134. The van der Waals surface area contributed by atoms with Crippen molar-refractivity contribution in [3.05, 3.63) is 35.9 Å². The molecular formula is C39H64N14O12. The van der Waals surface area contributed by atoms with Gasteiger partial charge in [-0.25, -0.2) is 0 Å². The highest BCUT2D eigenvalue weighted by Gasteiger charge is 2.30. The number of aliphatic hydroxyl groups is 1. The first-order chi connectivity index (χ1) is 30.5. The molecule has 11 amide bonds. The summed E-state index contributed by atoms with van der Waals surface area (Å²) in [5.74, 6) is -9.31. The van der Waals surface area contributed by atoms with Crippen LogP contribution in [0.2, 0.25) is 0 Å². The van der Waals surface area contributed by atoms with Gasteiger partial charge in [0.2, 0.25) is 65.0 Å². The first kappa shape index (κ1) is 56.2. The number of nitrogens with two attached hydrogens (primary N) is 4. The molecule has 0 aliphatic rings. The van der Waals surface area contributed by atoms with Gasteiger partial charge in [-0.2, -0.15) is 0 Å². The molecule has 0 aliphatic heterocycles. The predicted octanol–water partition coefficient (Wildman–Crippen LogP) is -7.50. The maximum Gasteiger partial charge on any atom is 0.245 e. The Morgan fingerprint density at radius 1 is 0.600 bits per heavy atom. The molecule has 6 atom stereocenters. The smallest absolute Gasteiger partial charge is 0.245 e. The lowest BCUT2D eigenvalue weighted by atomic mass is 10.0.